The molecule has 0 amide bonds. The van der Waals surface area contributed by atoms with Gasteiger partial charge in [0, 0.05) is 26.0 Å². The lowest BCUT2D eigenvalue weighted by Crippen LogP contribution is -2.40. The lowest BCUT2D eigenvalue weighted by molar-refractivity contribution is 0.189. The molecule has 0 spiro atoms. The summed E-state index contributed by atoms with van der Waals surface area (Å²) in [6.45, 7) is 2.41. The van der Waals surface area contributed by atoms with Gasteiger partial charge in [-0.1, -0.05) is 0 Å². The Morgan fingerprint density at radius 1 is 1.43 bits per heavy atom. The summed E-state index contributed by atoms with van der Waals surface area (Å²) in [5.74, 6) is 0. The number of ether oxygens (including phenoxy) is 1. The van der Waals surface area contributed by atoms with Gasteiger partial charge in [0.05, 0.1) is 5.25 Å². The molecule has 1 N–H and O–H groups in total. The first-order chi connectivity index (χ1) is 6.43. The van der Waals surface area contributed by atoms with Crippen LogP contribution in [0.2, 0.25) is 0 Å². The molecule has 0 saturated carbocycles. The molecule has 2 unspecified atom stereocenters. The first-order valence-electron chi connectivity index (χ1n) is 4.78. The predicted octanol–water partition coefficient (Wildman–Crippen LogP) is 0.434. The highest BCUT2D eigenvalue weighted by Crippen LogP contribution is 2.09. The Kier molecular flexibility index (Phi) is 6.31. The topological polar surface area (TPSA) is 55.4 Å². The average Bonchev–Trinajstić information content (AvgIpc) is 2.10. The lowest BCUT2D eigenvalue weighted by atomic mass is 10.1. The van der Waals surface area contributed by atoms with Crippen LogP contribution in [0.15, 0.2) is 0 Å². The summed E-state index contributed by atoms with van der Waals surface area (Å²) >= 11 is 0. The van der Waals surface area contributed by atoms with E-state index in [9.17, 15) is 8.42 Å². The fourth-order valence-corrected chi connectivity index (χ4v) is 2.23. The van der Waals surface area contributed by atoms with Crippen molar-refractivity contribution in [1.82, 2.24) is 5.32 Å². The van der Waals surface area contributed by atoms with Gasteiger partial charge >= 0.3 is 0 Å². The fourth-order valence-electron chi connectivity index (χ4n) is 1.36. The molecule has 4 nitrogen and oxygen atoms in total. The molecule has 86 valence electrons. The summed E-state index contributed by atoms with van der Waals surface area (Å²) in [4.78, 5) is 0. The van der Waals surface area contributed by atoms with Crippen LogP contribution >= 0.6 is 0 Å². The van der Waals surface area contributed by atoms with Crippen molar-refractivity contribution >= 4 is 9.84 Å². The van der Waals surface area contributed by atoms with Crippen LogP contribution in [0.1, 0.15) is 19.8 Å². The number of sulfone groups is 1. The summed E-state index contributed by atoms with van der Waals surface area (Å²) in [6.07, 6.45) is 2.97. The molecular weight excluding hydrogens is 202 g/mol. The maximum absolute atomic E-state index is 11.3. The Labute approximate surface area is 86.9 Å². The second-order valence-corrected chi connectivity index (χ2v) is 5.97. The van der Waals surface area contributed by atoms with E-state index in [0.717, 1.165) is 12.8 Å². The summed E-state index contributed by atoms with van der Waals surface area (Å²) < 4.78 is 27.5. The van der Waals surface area contributed by atoms with Gasteiger partial charge in [0.25, 0.3) is 0 Å². The minimum Gasteiger partial charge on any atom is -0.385 e. The van der Waals surface area contributed by atoms with Crippen LogP contribution < -0.4 is 5.32 Å². The molecule has 0 aromatic rings. The van der Waals surface area contributed by atoms with Gasteiger partial charge in [-0.25, -0.2) is 8.42 Å². The van der Waals surface area contributed by atoms with E-state index in [0.29, 0.717) is 6.61 Å². The number of hydrogen-bond donors (Lipinski definition) is 1. The van der Waals surface area contributed by atoms with Crippen molar-refractivity contribution in [3.05, 3.63) is 0 Å². The van der Waals surface area contributed by atoms with Crippen LogP contribution in [0.3, 0.4) is 0 Å². The zero-order valence-electron chi connectivity index (χ0n) is 9.41. The van der Waals surface area contributed by atoms with E-state index in [-0.39, 0.29) is 11.3 Å². The van der Waals surface area contributed by atoms with Crippen molar-refractivity contribution in [2.75, 3.05) is 27.0 Å². The zero-order chi connectivity index (χ0) is 11.2. The highest BCUT2D eigenvalue weighted by Gasteiger charge is 2.23. The summed E-state index contributed by atoms with van der Waals surface area (Å²) in [6, 6.07) is 0.0140. The van der Waals surface area contributed by atoms with Crippen molar-refractivity contribution in [1.29, 1.82) is 0 Å². The minimum absolute atomic E-state index is 0.0140. The van der Waals surface area contributed by atoms with Crippen molar-refractivity contribution < 1.29 is 13.2 Å². The summed E-state index contributed by atoms with van der Waals surface area (Å²) in [7, 11) is 0.483. The van der Waals surface area contributed by atoms with E-state index in [4.69, 9.17) is 4.74 Å². The highest BCUT2D eigenvalue weighted by molar-refractivity contribution is 7.91. The average molecular weight is 223 g/mol. The summed E-state index contributed by atoms with van der Waals surface area (Å²) in [5.41, 5.74) is 0. The van der Waals surface area contributed by atoms with Gasteiger partial charge in [0.15, 0.2) is 9.84 Å². The van der Waals surface area contributed by atoms with Crippen LogP contribution in [0, 0.1) is 0 Å². The van der Waals surface area contributed by atoms with E-state index in [1.165, 1.54) is 6.26 Å². The zero-order valence-corrected chi connectivity index (χ0v) is 10.2. The fraction of sp³-hybridized carbons (Fsp3) is 1.00. The molecule has 0 rings (SSSR count). The molecule has 2 atom stereocenters. The largest absolute Gasteiger partial charge is 0.385 e. The third-order valence-electron chi connectivity index (χ3n) is 2.48. The Balaban J connectivity index is 4.13. The quantitative estimate of drug-likeness (QED) is 0.636. The molecule has 0 fully saturated rings. The molecule has 0 aliphatic rings. The van der Waals surface area contributed by atoms with Crippen LogP contribution in [0.4, 0.5) is 0 Å². The molecule has 0 saturated heterocycles. The van der Waals surface area contributed by atoms with E-state index >= 15 is 0 Å². The monoisotopic (exact) mass is 223 g/mol. The predicted molar refractivity (Wildman–Crippen MR) is 58.3 cm³/mol. The normalized spacial score (nSPS) is 16.6. The molecule has 5 heteroatoms. The first-order valence-corrected chi connectivity index (χ1v) is 6.74. The SMILES string of the molecule is CNC(CCCOC)C(C)S(C)(=O)=O. The van der Waals surface area contributed by atoms with E-state index < -0.39 is 9.84 Å². The molecule has 0 heterocycles. The second-order valence-electron chi connectivity index (χ2n) is 3.56. The van der Waals surface area contributed by atoms with E-state index in [1.54, 1.807) is 21.1 Å². The number of methoxy groups -OCH3 is 1. The van der Waals surface area contributed by atoms with Gasteiger partial charge in [0.2, 0.25) is 0 Å². The standard InChI is InChI=1S/C9H21NO3S/c1-8(14(4,11)12)9(10-2)6-5-7-13-3/h8-10H,5-7H2,1-4H3. The van der Waals surface area contributed by atoms with Crippen LogP contribution in [-0.4, -0.2) is 46.7 Å². The van der Waals surface area contributed by atoms with Gasteiger partial charge in [-0.2, -0.15) is 0 Å². The number of hydrogen-bond acceptors (Lipinski definition) is 4. The molecule has 0 aromatic carbocycles. The molecular formula is C9H21NO3S. The van der Waals surface area contributed by atoms with Crippen LogP contribution in [-0.2, 0) is 14.6 Å². The van der Waals surface area contributed by atoms with E-state index in [2.05, 4.69) is 5.32 Å². The van der Waals surface area contributed by atoms with Gasteiger partial charge in [0.1, 0.15) is 0 Å². The van der Waals surface area contributed by atoms with Crippen molar-refractivity contribution in [3.63, 3.8) is 0 Å². The molecule has 0 radical (unpaired) electrons. The smallest absolute Gasteiger partial charge is 0.151 e. The third kappa shape index (κ3) is 4.93. The van der Waals surface area contributed by atoms with Crippen LogP contribution in [0.5, 0.6) is 0 Å². The Bertz CT molecular complexity index is 238. The Morgan fingerprint density at radius 2 is 2.00 bits per heavy atom. The maximum Gasteiger partial charge on any atom is 0.151 e. The molecule has 0 bridgehead atoms. The van der Waals surface area contributed by atoms with E-state index in [1.807, 2.05) is 0 Å². The molecule has 0 aliphatic heterocycles. The minimum atomic E-state index is -2.95. The summed E-state index contributed by atoms with van der Waals surface area (Å²) in [5, 5.41) is 2.69. The van der Waals surface area contributed by atoms with Crippen molar-refractivity contribution in [3.8, 4) is 0 Å². The number of rotatable bonds is 7. The third-order valence-corrected chi connectivity index (χ3v) is 4.16. The second kappa shape index (κ2) is 6.37. The molecule has 0 aromatic heterocycles. The van der Waals surface area contributed by atoms with Gasteiger partial charge in [-0.3, -0.25) is 0 Å². The maximum atomic E-state index is 11.3. The molecule has 14 heavy (non-hydrogen) atoms. The highest BCUT2D eigenvalue weighted by atomic mass is 32.2. The van der Waals surface area contributed by atoms with Gasteiger partial charge in [-0.05, 0) is 26.8 Å². The van der Waals surface area contributed by atoms with Crippen LogP contribution in [0.25, 0.3) is 0 Å². The van der Waals surface area contributed by atoms with Gasteiger partial charge < -0.3 is 10.1 Å². The Hall–Kier alpha value is -0.130. The lowest BCUT2D eigenvalue weighted by Gasteiger charge is -2.21. The Morgan fingerprint density at radius 3 is 2.36 bits per heavy atom. The molecule has 0 aliphatic carbocycles. The number of nitrogens with one attached hydrogen (secondary N) is 1. The van der Waals surface area contributed by atoms with Crippen molar-refractivity contribution in [2.45, 2.75) is 31.1 Å². The first kappa shape index (κ1) is 13.9. The van der Waals surface area contributed by atoms with Gasteiger partial charge in [-0.15, -0.1) is 0 Å². The van der Waals surface area contributed by atoms with Crippen molar-refractivity contribution in [2.24, 2.45) is 0 Å².